The van der Waals surface area contributed by atoms with Gasteiger partial charge in [0.25, 0.3) is 5.91 Å². The summed E-state index contributed by atoms with van der Waals surface area (Å²) in [5.41, 5.74) is -0.00980. The highest BCUT2D eigenvalue weighted by molar-refractivity contribution is 7.99. The van der Waals surface area contributed by atoms with Crippen LogP contribution in [0, 0.1) is 11.6 Å². The third-order valence-corrected chi connectivity index (χ3v) is 9.16. The molecule has 1 aliphatic carbocycles. The smallest absolute Gasteiger partial charge is 0.278 e. The minimum Gasteiger partial charge on any atom is -0.502 e. The first-order valence-corrected chi connectivity index (χ1v) is 12.7. The number of fused-ring (bicyclic) bond motifs is 3. The molecule has 3 atom stereocenters. The van der Waals surface area contributed by atoms with E-state index in [0.29, 0.717) is 30.6 Å². The number of carbonyl (C=O) groups is 1. The number of hydrogen-bond donors (Lipinski definition) is 1. The maximum absolute atomic E-state index is 15.5. The van der Waals surface area contributed by atoms with E-state index in [2.05, 4.69) is 0 Å². The Bertz CT molecular complexity index is 1510. The molecule has 3 aromatic rings. The number of thioether (sulfide) groups is 1. The van der Waals surface area contributed by atoms with Gasteiger partial charge in [-0.05, 0) is 36.1 Å². The van der Waals surface area contributed by atoms with Crippen LogP contribution in [-0.4, -0.2) is 46.5 Å². The summed E-state index contributed by atoms with van der Waals surface area (Å²) >= 11 is 1.51. The SMILES string of the molecule is O=C1c2c(O)c(=O)ccn2N([C@@]23CCC(Sc4ccccc42)c2c3ccc(F)c2F)[C@@H]2COCCN12. The van der Waals surface area contributed by atoms with Crippen molar-refractivity contribution in [3.63, 3.8) is 0 Å². The predicted molar refractivity (Wildman–Crippen MR) is 128 cm³/mol. The number of pyridine rings is 1. The maximum atomic E-state index is 15.5. The first-order chi connectivity index (χ1) is 17.4. The number of aromatic hydroxyl groups is 1. The van der Waals surface area contributed by atoms with Crippen molar-refractivity contribution in [1.82, 2.24) is 9.58 Å². The summed E-state index contributed by atoms with van der Waals surface area (Å²) < 4.78 is 37.4. The van der Waals surface area contributed by atoms with E-state index in [1.807, 2.05) is 29.3 Å². The quantitative estimate of drug-likeness (QED) is 0.542. The molecule has 10 heteroatoms. The highest BCUT2D eigenvalue weighted by Crippen LogP contribution is 2.60. The molecule has 1 amide bonds. The first kappa shape index (κ1) is 21.9. The maximum Gasteiger partial charge on any atom is 0.278 e. The summed E-state index contributed by atoms with van der Waals surface area (Å²) in [7, 11) is 0. The Kier molecular flexibility index (Phi) is 4.60. The number of ether oxygens (including phenoxy) is 1. The molecule has 1 unspecified atom stereocenters. The number of rotatable bonds is 1. The van der Waals surface area contributed by atoms with Crippen LogP contribution in [0.5, 0.6) is 5.75 Å². The zero-order chi connectivity index (χ0) is 24.8. The van der Waals surface area contributed by atoms with E-state index >= 15 is 4.39 Å². The Morgan fingerprint density at radius 2 is 1.92 bits per heavy atom. The van der Waals surface area contributed by atoms with Crippen molar-refractivity contribution in [1.29, 1.82) is 0 Å². The molecule has 184 valence electrons. The molecule has 4 aliphatic heterocycles. The van der Waals surface area contributed by atoms with Crippen LogP contribution in [0.1, 0.15) is 45.3 Å². The topological polar surface area (TPSA) is 75.0 Å². The average Bonchev–Trinajstić information content (AvgIpc) is 3.13. The van der Waals surface area contributed by atoms with Gasteiger partial charge < -0.3 is 14.7 Å². The molecule has 1 N–H and O–H groups in total. The normalized spacial score (nSPS) is 26.1. The van der Waals surface area contributed by atoms with Gasteiger partial charge in [0.1, 0.15) is 11.7 Å². The van der Waals surface area contributed by atoms with Gasteiger partial charge in [-0.2, -0.15) is 0 Å². The molecule has 0 spiro atoms. The predicted octanol–water partition coefficient (Wildman–Crippen LogP) is 3.47. The van der Waals surface area contributed by atoms with Gasteiger partial charge in [0.2, 0.25) is 5.43 Å². The van der Waals surface area contributed by atoms with Crippen LogP contribution >= 0.6 is 11.8 Å². The minimum atomic E-state index is -1.03. The van der Waals surface area contributed by atoms with Crippen molar-refractivity contribution >= 4 is 17.7 Å². The molecule has 1 fully saturated rings. The van der Waals surface area contributed by atoms with Crippen molar-refractivity contribution in [2.45, 2.75) is 34.7 Å². The lowest BCUT2D eigenvalue weighted by Crippen LogP contribution is -2.71. The van der Waals surface area contributed by atoms with E-state index in [9.17, 15) is 19.1 Å². The van der Waals surface area contributed by atoms with E-state index in [1.54, 1.807) is 11.0 Å². The zero-order valence-electron chi connectivity index (χ0n) is 19.0. The third-order valence-electron chi connectivity index (χ3n) is 7.80. The molecule has 0 saturated carbocycles. The van der Waals surface area contributed by atoms with E-state index in [1.165, 1.54) is 28.7 Å². The van der Waals surface area contributed by atoms with Crippen molar-refractivity contribution in [2.75, 3.05) is 24.8 Å². The van der Waals surface area contributed by atoms with Gasteiger partial charge in [-0.1, -0.05) is 24.3 Å². The molecule has 5 heterocycles. The molecule has 2 aromatic carbocycles. The Morgan fingerprint density at radius 3 is 2.78 bits per heavy atom. The number of halogens is 2. The summed E-state index contributed by atoms with van der Waals surface area (Å²) in [6, 6.07) is 11.8. The molecule has 5 aliphatic rings. The van der Waals surface area contributed by atoms with Crippen LogP contribution in [0.15, 0.2) is 58.4 Å². The van der Waals surface area contributed by atoms with Crippen LogP contribution in [0.2, 0.25) is 0 Å². The van der Waals surface area contributed by atoms with Crippen LogP contribution in [0.25, 0.3) is 0 Å². The highest BCUT2D eigenvalue weighted by atomic mass is 32.2. The number of hydrogen-bond acceptors (Lipinski definition) is 6. The van der Waals surface area contributed by atoms with E-state index < -0.39 is 40.4 Å². The number of carbonyl (C=O) groups excluding carboxylic acids is 1. The second-order valence-electron chi connectivity index (χ2n) is 9.44. The van der Waals surface area contributed by atoms with Crippen molar-refractivity contribution in [2.24, 2.45) is 0 Å². The molecule has 2 bridgehead atoms. The highest BCUT2D eigenvalue weighted by Gasteiger charge is 2.56. The van der Waals surface area contributed by atoms with Gasteiger partial charge in [-0.25, -0.2) is 8.78 Å². The standard InChI is InChI=1S/C26H21F2N3O4S/c27-16-6-5-15-21(22(16)28)19-7-9-26(15,14-3-1-2-4-18(14)36-19)31-20-13-35-12-11-29(20)25(34)23-24(33)17(32)8-10-30(23)31/h1-6,8,10,19-20,33H,7,9,11-13H2/t19?,20-,26+/m1/s1. The molecular formula is C26H21F2N3O4S. The lowest BCUT2D eigenvalue weighted by atomic mass is 9.71. The number of morpholine rings is 1. The van der Waals surface area contributed by atoms with Gasteiger partial charge in [0.05, 0.1) is 13.2 Å². The molecule has 1 saturated heterocycles. The number of nitrogens with zero attached hydrogens (tertiary/aromatic N) is 3. The summed E-state index contributed by atoms with van der Waals surface area (Å²) in [6.45, 7) is 0.756. The monoisotopic (exact) mass is 509 g/mol. The molecule has 36 heavy (non-hydrogen) atoms. The molecule has 0 radical (unpaired) electrons. The fourth-order valence-electron chi connectivity index (χ4n) is 6.33. The van der Waals surface area contributed by atoms with Gasteiger partial charge in [-0.15, -0.1) is 11.8 Å². The fourth-order valence-corrected chi connectivity index (χ4v) is 7.74. The van der Waals surface area contributed by atoms with Crippen molar-refractivity contribution in [3.05, 3.63) is 92.9 Å². The Labute approximate surface area is 208 Å². The van der Waals surface area contributed by atoms with Crippen LogP contribution in [-0.2, 0) is 10.3 Å². The Balaban J connectivity index is 1.62. The van der Waals surface area contributed by atoms with Crippen LogP contribution in [0.3, 0.4) is 0 Å². The number of amides is 1. The summed E-state index contributed by atoms with van der Waals surface area (Å²) in [6.07, 6.45) is 1.98. The van der Waals surface area contributed by atoms with E-state index in [-0.39, 0.29) is 24.1 Å². The fraction of sp³-hybridized carbons (Fsp3) is 0.308. The van der Waals surface area contributed by atoms with Crippen LogP contribution < -0.4 is 10.4 Å². The first-order valence-electron chi connectivity index (χ1n) is 11.8. The lowest BCUT2D eigenvalue weighted by Gasteiger charge is -2.57. The second kappa shape index (κ2) is 7.57. The average molecular weight is 510 g/mol. The molecule has 7 nitrogen and oxygen atoms in total. The summed E-state index contributed by atoms with van der Waals surface area (Å²) in [5, 5.41) is 12.4. The molecule has 8 rings (SSSR count). The van der Waals surface area contributed by atoms with Gasteiger partial charge in [0.15, 0.2) is 23.1 Å². The Hall–Kier alpha value is -3.37. The second-order valence-corrected chi connectivity index (χ2v) is 10.7. The molecular weight excluding hydrogens is 488 g/mol. The summed E-state index contributed by atoms with van der Waals surface area (Å²) in [5.74, 6) is -2.88. The summed E-state index contributed by atoms with van der Waals surface area (Å²) in [4.78, 5) is 28.5. The van der Waals surface area contributed by atoms with Gasteiger partial charge in [0, 0.05) is 34.5 Å². The zero-order valence-corrected chi connectivity index (χ0v) is 19.8. The minimum absolute atomic E-state index is 0.143. The van der Waals surface area contributed by atoms with Gasteiger partial charge in [-0.3, -0.25) is 19.3 Å². The Morgan fingerprint density at radius 1 is 1.08 bits per heavy atom. The van der Waals surface area contributed by atoms with Crippen molar-refractivity contribution in [3.8, 4) is 5.75 Å². The van der Waals surface area contributed by atoms with Crippen LogP contribution in [0.4, 0.5) is 8.78 Å². The van der Waals surface area contributed by atoms with E-state index in [4.69, 9.17) is 4.74 Å². The van der Waals surface area contributed by atoms with Crippen molar-refractivity contribution < 1.29 is 23.4 Å². The lowest BCUT2D eigenvalue weighted by molar-refractivity contribution is -0.0269. The third kappa shape index (κ3) is 2.66. The van der Waals surface area contributed by atoms with Gasteiger partial charge >= 0.3 is 0 Å². The number of aromatic nitrogens is 1. The van der Waals surface area contributed by atoms with E-state index in [0.717, 1.165) is 16.5 Å². The number of benzene rings is 2. The largest absolute Gasteiger partial charge is 0.502 e. The molecule has 1 aromatic heterocycles.